The van der Waals surface area contributed by atoms with Gasteiger partial charge in [0.1, 0.15) is 9.84 Å². The van der Waals surface area contributed by atoms with Gasteiger partial charge in [-0.3, -0.25) is 0 Å². The molecule has 12 heavy (non-hydrogen) atoms. The van der Waals surface area contributed by atoms with Gasteiger partial charge in [-0.25, -0.2) is 8.42 Å². The van der Waals surface area contributed by atoms with Crippen molar-refractivity contribution in [2.45, 2.75) is 26.7 Å². The van der Waals surface area contributed by atoms with Crippen molar-refractivity contribution in [1.29, 1.82) is 0 Å². The van der Waals surface area contributed by atoms with Crippen LogP contribution >= 0.6 is 11.6 Å². The molecule has 0 bridgehead atoms. The van der Waals surface area contributed by atoms with Crippen molar-refractivity contribution in [3.63, 3.8) is 0 Å². The smallest absolute Gasteiger partial charge is 0.150 e. The highest BCUT2D eigenvalue weighted by atomic mass is 35.5. The zero-order valence-electron chi connectivity index (χ0n) is 7.72. The molecule has 4 heteroatoms. The Morgan fingerprint density at radius 1 is 1.33 bits per heavy atom. The van der Waals surface area contributed by atoms with E-state index in [1.165, 1.54) is 0 Å². The summed E-state index contributed by atoms with van der Waals surface area (Å²) in [6.45, 7) is 3.84. The number of hydrogen-bond acceptors (Lipinski definition) is 2. The van der Waals surface area contributed by atoms with Crippen molar-refractivity contribution >= 4 is 21.4 Å². The summed E-state index contributed by atoms with van der Waals surface area (Å²) < 4.78 is 22.4. The van der Waals surface area contributed by atoms with Gasteiger partial charge < -0.3 is 0 Å². The van der Waals surface area contributed by atoms with E-state index in [1.54, 1.807) is 0 Å². The number of rotatable bonds is 6. The molecule has 0 aliphatic rings. The second-order valence-electron chi connectivity index (χ2n) is 3.20. The summed E-state index contributed by atoms with van der Waals surface area (Å²) >= 11 is 5.56. The Labute approximate surface area is 80.2 Å². The van der Waals surface area contributed by atoms with Gasteiger partial charge in [0.2, 0.25) is 0 Å². The Morgan fingerprint density at radius 2 is 1.92 bits per heavy atom. The van der Waals surface area contributed by atoms with Gasteiger partial charge >= 0.3 is 0 Å². The van der Waals surface area contributed by atoms with Crippen molar-refractivity contribution < 1.29 is 8.42 Å². The minimum atomic E-state index is -2.80. The maximum atomic E-state index is 11.2. The van der Waals surface area contributed by atoms with Gasteiger partial charge in [0.05, 0.1) is 5.75 Å². The normalized spacial score (nSPS) is 14.6. The van der Waals surface area contributed by atoms with Crippen LogP contribution in [-0.2, 0) is 9.84 Å². The summed E-state index contributed by atoms with van der Waals surface area (Å²) in [7, 11) is -2.80. The summed E-state index contributed by atoms with van der Waals surface area (Å²) in [5.41, 5.74) is 0. The lowest BCUT2D eigenvalue weighted by molar-refractivity contribution is 0.574. The van der Waals surface area contributed by atoms with E-state index in [2.05, 4.69) is 0 Å². The first kappa shape index (κ1) is 12.2. The molecule has 0 saturated heterocycles. The zero-order chi connectivity index (χ0) is 9.61. The second kappa shape index (κ2) is 5.81. The van der Waals surface area contributed by atoms with Crippen LogP contribution in [0.1, 0.15) is 26.7 Å². The highest BCUT2D eigenvalue weighted by Gasteiger charge is 2.11. The first-order chi connectivity index (χ1) is 5.52. The molecule has 0 spiro atoms. The molecule has 1 unspecified atom stereocenters. The molecule has 0 aliphatic carbocycles. The van der Waals surface area contributed by atoms with Crippen molar-refractivity contribution in [2.75, 3.05) is 17.4 Å². The fourth-order valence-electron chi connectivity index (χ4n) is 0.871. The topological polar surface area (TPSA) is 34.1 Å². The van der Waals surface area contributed by atoms with E-state index in [-0.39, 0.29) is 5.75 Å². The molecule has 0 aromatic rings. The second-order valence-corrected chi connectivity index (χ2v) is 5.81. The van der Waals surface area contributed by atoms with Gasteiger partial charge in [-0.1, -0.05) is 13.8 Å². The van der Waals surface area contributed by atoms with E-state index in [9.17, 15) is 8.42 Å². The van der Waals surface area contributed by atoms with Gasteiger partial charge in [0, 0.05) is 11.6 Å². The van der Waals surface area contributed by atoms with Crippen LogP contribution in [0.4, 0.5) is 0 Å². The van der Waals surface area contributed by atoms with Crippen LogP contribution in [0.15, 0.2) is 0 Å². The summed E-state index contributed by atoms with van der Waals surface area (Å²) in [4.78, 5) is 0. The molecule has 0 aromatic carbocycles. The summed E-state index contributed by atoms with van der Waals surface area (Å²) in [5, 5.41) is 0. The van der Waals surface area contributed by atoms with Crippen LogP contribution in [-0.4, -0.2) is 25.8 Å². The molecule has 2 nitrogen and oxygen atoms in total. The standard InChI is InChI=1S/C8H17ClO2S/c1-3-5-12(10,11)6-4-8(2)7-9/h8H,3-7H2,1-2H3. The van der Waals surface area contributed by atoms with Crippen LogP contribution in [0.2, 0.25) is 0 Å². The largest absolute Gasteiger partial charge is 0.229 e. The fraction of sp³-hybridized carbons (Fsp3) is 1.00. The quantitative estimate of drug-likeness (QED) is 0.632. The van der Waals surface area contributed by atoms with Crippen molar-refractivity contribution in [3.05, 3.63) is 0 Å². The first-order valence-corrected chi connectivity index (χ1v) is 6.63. The molecule has 0 aliphatic heterocycles. The lowest BCUT2D eigenvalue weighted by Crippen LogP contribution is -2.13. The highest BCUT2D eigenvalue weighted by Crippen LogP contribution is 2.07. The molecule has 0 heterocycles. The summed E-state index contributed by atoms with van der Waals surface area (Å²) in [6.07, 6.45) is 1.39. The van der Waals surface area contributed by atoms with Gasteiger partial charge in [0.15, 0.2) is 0 Å². The predicted octanol–water partition coefficient (Wildman–Crippen LogP) is 2.08. The molecular weight excluding hydrogens is 196 g/mol. The van der Waals surface area contributed by atoms with E-state index in [0.29, 0.717) is 30.4 Å². The molecule has 0 aromatic heterocycles. The Morgan fingerprint density at radius 3 is 2.33 bits per heavy atom. The number of sulfone groups is 1. The molecule has 0 N–H and O–H groups in total. The van der Waals surface area contributed by atoms with Gasteiger partial charge in [0.25, 0.3) is 0 Å². The van der Waals surface area contributed by atoms with Crippen LogP contribution in [0.3, 0.4) is 0 Å². The maximum absolute atomic E-state index is 11.2. The fourth-order valence-corrected chi connectivity index (χ4v) is 2.61. The van der Waals surface area contributed by atoms with Crippen molar-refractivity contribution in [3.8, 4) is 0 Å². The molecule has 0 fully saturated rings. The van der Waals surface area contributed by atoms with Gasteiger partial charge in [-0.15, -0.1) is 11.6 Å². The Bertz CT molecular complexity index is 199. The average molecular weight is 213 g/mol. The van der Waals surface area contributed by atoms with Crippen LogP contribution in [0.25, 0.3) is 0 Å². The van der Waals surface area contributed by atoms with E-state index < -0.39 is 9.84 Å². The lowest BCUT2D eigenvalue weighted by atomic mass is 10.2. The third-order valence-corrected chi connectivity index (χ3v) is 4.11. The molecule has 0 radical (unpaired) electrons. The third kappa shape index (κ3) is 5.84. The van der Waals surface area contributed by atoms with Crippen molar-refractivity contribution in [2.24, 2.45) is 5.92 Å². The lowest BCUT2D eigenvalue weighted by Gasteiger charge is -2.06. The Hall–Kier alpha value is 0.240. The molecule has 0 rings (SSSR count). The minimum Gasteiger partial charge on any atom is -0.229 e. The monoisotopic (exact) mass is 212 g/mol. The maximum Gasteiger partial charge on any atom is 0.150 e. The van der Waals surface area contributed by atoms with Crippen LogP contribution < -0.4 is 0 Å². The number of hydrogen-bond donors (Lipinski definition) is 0. The molecule has 74 valence electrons. The average Bonchev–Trinajstić information content (AvgIpc) is 2.00. The number of alkyl halides is 1. The van der Waals surface area contributed by atoms with E-state index in [4.69, 9.17) is 11.6 Å². The zero-order valence-corrected chi connectivity index (χ0v) is 9.29. The third-order valence-electron chi connectivity index (χ3n) is 1.70. The van der Waals surface area contributed by atoms with E-state index in [1.807, 2.05) is 13.8 Å². The molecular formula is C8H17ClO2S. The van der Waals surface area contributed by atoms with Crippen LogP contribution in [0.5, 0.6) is 0 Å². The molecule has 1 atom stereocenters. The SMILES string of the molecule is CCCS(=O)(=O)CCC(C)CCl. The summed E-state index contributed by atoms with van der Waals surface area (Å²) in [5.74, 6) is 1.44. The highest BCUT2D eigenvalue weighted by molar-refractivity contribution is 7.91. The van der Waals surface area contributed by atoms with Gasteiger partial charge in [-0.2, -0.15) is 0 Å². The summed E-state index contributed by atoms with van der Waals surface area (Å²) in [6, 6.07) is 0. The van der Waals surface area contributed by atoms with E-state index in [0.717, 1.165) is 0 Å². The van der Waals surface area contributed by atoms with E-state index >= 15 is 0 Å². The first-order valence-electron chi connectivity index (χ1n) is 4.28. The van der Waals surface area contributed by atoms with Crippen LogP contribution in [0, 0.1) is 5.92 Å². The Kier molecular flexibility index (Phi) is 5.93. The minimum absolute atomic E-state index is 0.286. The molecule has 0 saturated carbocycles. The number of halogens is 1. The molecule has 0 amide bonds. The van der Waals surface area contributed by atoms with Gasteiger partial charge in [-0.05, 0) is 18.8 Å². The van der Waals surface area contributed by atoms with Crippen molar-refractivity contribution in [1.82, 2.24) is 0 Å². The Balaban J connectivity index is 3.76. The predicted molar refractivity (Wildman–Crippen MR) is 53.4 cm³/mol.